The fraction of sp³-hybridized carbons (Fsp3) is 0.462. The Morgan fingerprint density at radius 2 is 1.78 bits per heavy atom. The molecule has 0 bridgehead atoms. The van der Waals surface area contributed by atoms with Crippen LogP contribution in [0.4, 0.5) is 5.69 Å². The maximum absolute atomic E-state index is 13.1. The van der Waals surface area contributed by atoms with Crippen molar-refractivity contribution < 1.29 is 9.59 Å². The third-order valence-electron chi connectivity index (χ3n) is 6.03. The zero-order valence-corrected chi connectivity index (χ0v) is 19.6. The molecule has 6 nitrogen and oxygen atoms in total. The van der Waals surface area contributed by atoms with Crippen LogP contribution in [0.1, 0.15) is 30.0 Å². The molecule has 172 valence electrons. The van der Waals surface area contributed by atoms with Gasteiger partial charge in [0, 0.05) is 44.8 Å². The van der Waals surface area contributed by atoms with Gasteiger partial charge >= 0.3 is 0 Å². The largest absolute Gasteiger partial charge is 0.376 e. The van der Waals surface area contributed by atoms with Crippen LogP contribution >= 0.6 is 0 Å². The number of likely N-dealkylation sites (N-methyl/N-ethyl adjacent to an activating group) is 1. The van der Waals surface area contributed by atoms with E-state index in [2.05, 4.69) is 28.4 Å². The van der Waals surface area contributed by atoms with Crippen LogP contribution < -0.4 is 5.32 Å². The van der Waals surface area contributed by atoms with Gasteiger partial charge in [-0.05, 0) is 49.7 Å². The van der Waals surface area contributed by atoms with E-state index >= 15 is 0 Å². The van der Waals surface area contributed by atoms with E-state index in [-0.39, 0.29) is 18.4 Å². The summed E-state index contributed by atoms with van der Waals surface area (Å²) < 4.78 is 0. The molecule has 0 aliphatic carbocycles. The van der Waals surface area contributed by atoms with E-state index in [1.165, 1.54) is 16.7 Å². The molecule has 2 aromatic rings. The van der Waals surface area contributed by atoms with Gasteiger partial charge in [0.2, 0.25) is 11.8 Å². The molecule has 32 heavy (non-hydrogen) atoms. The van der Waals surface area contributed by atoms with Gasteiger partial charge in [0.1, 0.15) is 0 Å². The maximum atomic E-state index is 13.1. The number of rotatable bonds is 10. The Hall–Kier alpha value is -2.86. The van der Waals surface area contributed by atoms with E-state index in [9.17, 15) is 9.59 Å². The average Bonchev–Trinajstić information content (AvgIpc) is 2.82. The quantitative estimate of drug-likeness (QED) is 0.622. The molecule has 0 saturated carbocycles. The van der Waals surface area contributed by atoms with E-state index in [0.717, 1.165) is 31.6 Å². The van der Waals surface area contributed by atoms with Crippen molar-refractivity contribution in [3.05, 3.63) is 65.2 Å². The molecule has 2 amide bonds. The number of nitrogens with zero attached hydrogens (tertiary/aromatic N) is 3. The molecular weight excluding hydrogens is 400 g/mol. The standard InChI is InChI=1S/C26H36N4O2/c1-4-25(31)30-16-14-23-22(20-30)11-8-12-24(23)27-19-26(32)29(18-17-28(2)3)15-13-21-9-6-5-7-10-21/h5-12,27H,4,13-20H2,1-3H3. The maximum Gasteiger partial charge on any atom is 0.241 e. The molecule has 1 aliphatic rings. The van der Waals surface area contributed by atoms with Crippen molar-refractivity contribution in [1.82, 2.24) is 14.7 Å². The molecule has 1 heterocycles. The predicted octanol–water partition coefficient (Wildman–Crippen LogP) is 3.03. The number of fused-ring (bicyclic) bond motifs is 1. The fourth-order valence-electron chi connectivity index (χ4n) is 4.08. The van der Waals surface area contributed by atoms with Crippen LogP contribution in [0.2, 0.25) is 0 Å². The zero-order chi connectivity index (χ0) is 22.9. The molecule has 0 atom stereocenters. The van der Waals surface area contributed by atoms with Crippen molar-refractivity contribution >= 4 is 17.5 Å². The van der Waals surface area contributed by atoms with E-state index < -0.39 is 0 Å². The number of hydrogen-bond acceptors (Lipinski definition) is 4. The first-order chi connectivity index (χ1) is 15.5. The van der Waals surface area contributed by atoms with Crippen molar-refractivity contribution in [2.45, 2.75) is 32.7 Å². The Morgan fingerprint density at radius 1 is 1.00 bits per heavy atom. The molecule has 1 N–H and O–H groups in total. The second-order valence-electron chi connectivity index (χ2n) is 8.64. The van der Waals surface area contributed by atoms with E-state index in [0.29, 0.717) is 26.1 Å². The minimum Gasteiger partial charge on any atom is -0.376 e. The Morgan fingerprint density at radius 3 is 2.50 bits per heavy atom. The zero-order valence-electron chi connectivity index (χ0n) is 19.6. The van der Waals surface area contributed by atoms with Gasteiger partial charge in [-0.25, -0.2) is 0 Å². The summed E-state index contributed by atoms with van der Waals surface area (Å²) in [6.45, 7) is 5.82. The van der Waals surface area contributed by atoms with Crippen molar-refractivity contribution in [2.24, 2.45) is 0 Å². The Labute approximate surface area is 192 Å². The molecule has 3 rings (SSSR count). The Kier molecular flexibility index (Phi) is 8.68. The van der Waals surface area contributed by atoms with E-state index in [4.69, 9.17) is 0 Å². The second kappa shape index (κ2) is 11.7. The molecular formula is C26H36N4O2. The van der Waals surface area contributed by atoms with Gasteiger partial charge in [-0.15, -0.1) is 0 Å². The van der Waals surface area contributed by atoms with E-state index in [1.807, 2.05) is 61.2 Å². The van der Waals surface area contributed by atoms with Gasteiger partial charge in [0.25, 0.3) is 0 Å². The highest BCUT2D eigenvalue weighted by Gasteiger charge is 2.22. The number of anilines is 1. The van der Waals surface area contributed by atoms with Gasteiger partial charge in [-0.1, -0.05) is 49.4 Å². The smallest absolute Gasteiger partial charge is 0.241 e. The minimum absolute atomic E-state index is 0.110. The van der Waals surface area contributed by atoms with Crippen LogP contribution in [0.3, 0.4) is 0 Å². The van der Waals surface area contributed by atoms with Gasteiger partial charge in [-0.3, -0.25) is 9.59 Å². The summed E-state index contributed by atoms with van der Waals surface area (Å²) in [5.41, 5.74) is 4.65. The van der Waals surface area contributed by atoms with Gasteiger partial charge in [-0.2, -0.15) is 0 Å². The minimum atomic E-state index is 0.110. The summed E-state index contributed by atoms with van der Waals surface area (Å²) in [6, 6.07) is 16.4. The molecule has 0 saturated heterocycles. The molecule has 0 spiro atoms. The fourth-order valence-corrected chi connectivity index (χ4v) is 4.08. The van der Waals surface area contributed by atoms with Crippen LogP contribution in [0.25, 0.3) is 0 Å². The number of carbonyl (C=O) groups excluding carboxylic acids is 2. The molecule has 0 aromatic heterocycles. The van der Waals surface area contributed by atoms with Crippen molar-refractivity contribution in [2.75, 3.05) is 52.1 Å². The highest BCUT2D eigenvalue weighted by molar-refractivity contribution is 5.81. The normalized spacial score (nSPS) is 13.1. The summed E-state index contributed by atoms with van der Waals surface area (Å²) >= 11 is 0. The first-order valence-corrected chi connectivity index (χ1v) is 11.6. The third kappa shape index (κ3) is 6.57. The van der Waals surface area contributed by atoms with Crippen molar-refractivity contribution in [3.8, 4) is 0 Å². The van der Waals surface area contributed by atoms with Crippen LogP contribution in [0.5, 0.6) is 0 Å². The van der Waals surface area contributed by atoms with Crippen LogP contribution in [-0.2, 0) is 29.0 Å². The molecule has 1 aliphatic heterocycles. The SMILES string of the molecule is CCC(=O)N1CCc2c(cccc2NCC(=O)N(CCc2ccccc2)CCN(C)C)C1. The Balaban J connectivity index is 1.62. The first kappa shape index (κ1) is 23.8. The molecule has 6 heteroatoms. The highest BCUT2D eigenvalue weighted by atomic mass is 16.2. The summed E-state index contributed by atoms with van der Waals surface area (Å²) in [4.78, 5) is 31.2. The van der Waals surface area contributed by atoms with E-state index in [1.54, 1.807) is 0 Å². The number of nitrogens with one attached hydrogen (secondary N) is 1. The number of amides is 2. The van der Waals surface area contributed by atoms with Crippen LogP contribution in [0.15, 0.2) is 48.5 Å². The Bertz CT molecular complexity index is 898. The molecule has 0 radical (unpaired) electrons. The first-order valence-electron chi connectivity index (χ1n) is 11.6. The van der Waals surface area contributed by atoms with Crippen molar-refractivity contribution in [3.63, 3.8) is 0 Å². The highest BCUT2D eigenvalue weighted by Crippen LogP contribution is 2.26. The number of carbonyl (C=O) groups is 2. The van der Waals surface area contributed by atoms with Gasteiger partial charge in [0.05, 0.1) is 6.54 Å². The molecule has 0 fully saturated rings. The third-order valence-corrected chi connectivity index (χ3v) is 6.03. The van der Waals surface area contributed by atoms with Crippen LogP contribution in [0, 0.1) is 0 Å². The summed E-state index contributed by atoms with van der Waals surface area (Å²) in [5.74, 6) is 0.304. The van der Waals surface area contributed by atoms with Gasteiger partial charge < -0.3 is 20.0 Å². The van der Waals surface area contributed by atoms with Crippen molar-refractivity contribution in [1.29, 1.82) is 0 Å². The lowest BCUT2D eigenvalue weighted by Crippen LogP contribution is -2.41. The summed E-state index contributed by atoms with van der Waals surface area (Å²) in [5, 5.41) is 3.39. The predicted molar refractivity (Wildman–Crippen MR) is 130 cm³/mol. The molecule has 2 aromatic carbocycles. The number of benzene rings is 2. The lowest BCUT2D eigenvalue weighted by Gasteiger charge is -2.30. The molecule has 0 unspecified atom stereocenters. The van der Waals surface area contributed by atoms with Gasteiger partial charge in [0.15, 0.2) is 0 Å². The monoisotopic (exact) mass is 436 g/mol. The number of hydrogen-bond donors (Lipinski definition) is 1. The average molecular weight is 437 g/mol. The lowest BCUT2D eigenvalue weighted by atomic mass is 9.97. The second-order valence-corrected chi connectivity index (χ2v) is 8.64. The lowest BCUT2D eigenvalue weighted by molar-refractivity contribution is -0.131. The summed E-state index contributed by atoms with van der Waals surface area (Å²) in [6.07, 6.45) is 2.20. The topological polar surface area (TPSA) is 55.9 Å². The summed E-state index contributed by atoms with van der Waals surface area (Å²) in [7, 11) is 4.06. The van der Waals surface area contributed by atoms with Crippen LogP contribution in [-0.4, -0.2) is 73.3 Å².